The first-order valence-corrected chi connectivity index (χ1v) is 17.5. The molecule has 4 aromatic carbocycles. The normalized spacial score (nSPS) is 13.3. The second-order valence-electron chi connectivity index (χ2n) is 11.9. The molecule has 0 radical (unpaired) electrons. The molecule has 0 fully saturated rings. The SMILES string of the molecule is Cc1cc(Oc2ccc(C(O)(CCO)Cn3cncn3)c(Cl)c2)ccc1Cl.O=CCC(O)(Cn1cncn1)c1ccc(Oc2ccc(Cl)cc2)cc1Cl. The van der Waals surface area contributed by atoms with Gasteiger partial charge in [0.05, 0.1) is 23.1 Å². The molecule has 0 bridgehead atoms. The fraction of sp³-hybridized carbons (Fsp3) is 0.216. The summed E-state index contributed by atoms with van der Waals surface area (Å²) in [6.07, 6.45) is 6.30. The van der Waals surface area contributed by atoms with Crippen LogP contribution in [0.4, 0.5) is 0 Å². The van der Waals surface area contributed by atoms with Crippen molar-refractivity contribution in [3.8, 4) is 23.0 Å². The number of aryl methyl sites for hydroxylation is 1. The lowest BCUT2D eigenvalue weighted by atomic mass is 9.90. The maximum Gasteiger partial charge on any atom is 0.137 e. The maximum atomic E-state index is 11.1. The van der Waals surface area contributed by atoms with Gasteiger partial charge in [0.1, 0.15) is 65.8 Å². The van der Waals surface area contributed by atoms with E-state index in [-0.39, 0.29) is 37.6 Å². The molecule has 0 saturated heterocycles. The van der Waals surface area contributed by atoms with Gasteiger partial charge in [0.15, 0.2) is 0 Å². The highest BCUT2D eigenvalue weighted by Gasteiger charge is 2.33. The zero-order chi connectivity index (χ0) is 38.0. The van der Waals surface area contributed by atoms with E-state index in [2.05, 4.69) is 20.2 Å². The quantitative estimate of drug-likeness (QED) is 0.0929. The van der Waals surface area contributed by atoms with E-state index in [0.717, 1.165) is 5.56 Å². The number of carbonyl (C=O) groups is 1. The molecular weight excluding hydrogens is 766 g/mol. The van der Waals surface area contributed by atoms with E-state index in [1.165, 1.54) is 34.7 Å². The second kappa shape index (κ2) is 18.0. The fourth-order valence-corrected chi connectivity index (χ4v) is 6.31. The lowest BCUT2D eigenvalue weighted by Crippen LogP contribution is -2.33. The number of ether oxygens (including phenoxy) is 2. The van der Waals surface area contributed by atoms with E-state index in [1.54, 1.807) is 72.8 Å². The Labute approximate surface area is 325 Å². The molecule has 0 aliphatic heterocycles. The van der Waals surface area contributed by atoms with Gasteiger partial charge in [0, 0.05) is 40.6 Å². The molecular formula is C37H34Cl4N6O6. The van der Waals surface area contributed by atoms with E-state index in [9.17, 15) is 20.1 Å². The summed E-state index contributed by atoms with van der Waals surface area (Å²) >= 11 is 24.7. The standard InChI is InChI=1S/C19H19Cl2N3O3.C18H15Cl2N3O3/c1-13-8-14(3-5-17(13)20)27-15-2-4-16(18(21)9-15)19(26,6-7-25)10-24-12-22-11-23-24;19-13-1-3-14(4-2-13)26-15-5-6-16(17(20)9-15)18(25,7-8-24)10-23-12-21-11-22-23/h2-5,8-9,11-12,25-26H,6-7,10H2,1H3;1-6,8-9,11-12,25H,7,10H2. The largest absolute Gasteiger partial charge is 0.457 e. The topological polar surface area (TPSA) is 158 Å². The number of hydrogen-bond acceptors (Lipinski definition) is 10. The van der Waals surface area contributed by atoms with Gasteiger partial charge >= 0.3 is 0 Å². The van der Waals surface area contributed by atoms with Crippen LogP contribution in [0.1, 0.15) is 29.5 Å². The van der Waals surface area contributed by atoms with Crippen LogP contribution in [-0.4, -0.2) is 57.7 Å². The minimum atomic E-state index is -1.51. The average molecular weight is 801 g/mol. The molecule has 0 aliphatic carbocycles. The van der Waals surface area contributed by atoms with Gasteiger partial charge in [0.25, 0.3) is 0 Å². The molecule has 0 amide bonds. The molecule has 0 saturated carbocycles. The van der Waals surface area contributed by atoms with Gasteiger partial charge in [-0.1, -0.05) is 58.5 Å². The molecule has 2 aromatic heterocycles. The van der Waals surface area contributed by atoms with Gasteiger partial charge in [0.2, 0.25) is 0 Å². The van der Waals surface area contributed by atoms with Crippen LogP contribution < -0.4 is 9.47 Å². The smallest absolute Gasteiger partial charge is 0.137 e. The Kier molecular flexibility index (Phi) is 13.5. The van der Waals surface area contributed by atoms with Gasteiger partial charge in [-0.25, -0.2) is 19.3 Å². The summed E-state index contributed by atoms with van der Waals surface area (Å²) in [6, 6.07) is 22.2. The van der Waals surface area contributed by atoms with Crippen molar-refractivity contribution in [1.29, 1.82) is 0 Å². The van der Waals surface area contributed by atoms with E-state index in [1.807, 2.05) is 13.0 Å². The third-order valence-corrected chi connectivity index (χ3v) is 9.33. The number of aromatic nitrogens is 6. The van der Waals surface area contributed by atoms with E-state index in [4.69, 9.17) is 55.9 Å². The molecule has 6 aromatic rings. The van der Waals surface area contributed by atoms with Crippen molar-refractivity contribution in [3.63, 3.8) is 0 Å². The molecule has 3 N–H and O–H groups in total. The highest BCUT2D eigenvalue weighted by molar-refractivity contribution is 6.32. The van der Waals surface area contributed by atoms with Crippen molar-refractivity contribution < 1.29 is 29.6 Å². The Hall–Kier alpha value is -4.53. The summed E-state index contributed by atoms with van der Waals surface area (Å²) in [7, 11) is 0. The number of aldehydes is 1. The summed E-state index contributed by atoms with van der Waals surface area (Å²) in [6.45, 7) is 1.85. The molecule has 2 heterocycles. The van der Waals surface area contributed by atoms with E-state index >= 15 is 0 Å². The summed E-state index contributed by atoms with van der Waals surface area (Å²) in [5.41, 5.74) is -1.11. The number of nitrogens with zero attached hydrogens (tertiary/aromatic N) is 6. The molecule has 53 heavy (non-hydrogen) atoms. The van der Waals surface area contributed by atoms with Crippen molar-refractivity contribution in [2.75, 3.05) is 6.61 Å². The molecule has 6 rings (SSSR count). The maximum absolute atomic E-state index is 11.1. The minimum Gasteiger partial charge on any atom is -0.457 e. The van der Waals surface area contributed by atoms with Crippen LogP contribution in [-0.2, 0) is 29.1 Å². The molecule has 2 atom stereocenters. The minimum absolute atomic E-state index is 0.0445. The Morgan fingerprint density at radius 1 is 0.679 bits per heavy atom. The lowest BCUT2D eigenvalue weighted by Gasteiger charge is -2.29. The third-order valence-electron chi connectivity index (χ3n) is 8.02. The number of hydrogen-bond donors (Lipinski definition) is 3. The first-order chi connectivity index (χ1) is 25.4. The number of aliphatic hydroxyl groups is 3. The monoisotopic (exact) mass is 798 g/mol. The van der Waals surface area contributed by atoms with Crippen molar-refractivity contribution in [3.05, 3.63) is 141 Å². The first kappa shape index (κ1) is 39.7. The molecule has 16 heteroatoms. The zero-order valence-electron chi connectivity index (χ0n) is 28.2. The van der Waals surface area contributed by atoms with Crippen LogP contribution in [0.5, 0.6) is 23.0 Å². The van der Waals surface area contributed by atoms with Gasteiger partial charge in [-0.15, -0.1) is 0 Å². The van der Waals surface area contributed by atoms with Crippen molar-refractivity contribution in [1.82, 2.24) is 29.5 Å². The van der Waals surface area contributed by atoms with Crippen molar-refractivity contribution >= 4 is 52.7 Å². The van der Waals surface area contributed by atoms with Gasteiger partial charge < -0.3 is 29.6 Å². The van der Waals surface area contributed by atoms with Gasteiger partial charge in [-0.05, 0) is 79.2 Å². The van der Waals surface area contributed by atoms with E-state index in [0.29, 0.717) is 55.5 Å². The second-order valence-corrected chi connectivity index (χ2v) is 13.6. The van der Waals surface area contributed by atoms with Crippen LogP contribution in [0.25, 0.3) is 0 Å². The molecule has 12 nitrogen and oxygen atoms in total. The number of benzene rings is 4. The highest BCUT2D eigenvalue weighted by Crippen LogP contribution is 2.37. The van der Waals surface area contributed by atoms with Gasteiger partial charge in [-0.2, -0.15) is 10.2 Å². The first-order valence-electron chi connectivity index (χ1n) is 16.0. The van der Waals surface area contributed by atoms with Crippen molar-refractivity contribution in [2.24, 2.45) is 0 Å². The summed E-state index contributed by atoms with van der Waals surface area (Å²) in [5.74, 6) is 2.26. The highest BCUT2D eigenvalue weighted by atomic mass is 35.5. The Morgan fingerprint density at radius 3 is 1.66 bits per heavy atom. The third kappa shape index (κ3) is 10.5. The van der Waals surface area contributed by atoms with Crippen LogP contribution in [0, 0.1) is 6.92 Å². The average Bonchev–Trinajstić information content (AvgIpc) is 3.83. The van der Waals surface area contributed by atoms with Crippen LogP contribution in [0.3, 0.4) is 0 Å². The molecule has 2 unspecified atom stereocenters. The Balaban J connectivity index is 0.000000204. The number of halogens is 4. The summed E-state index contributed by atoms with van der Waals surface area (Å²) in [4.78, 5) is 18.8. The molecule has 276 valence electrons. The fourth-order valence-electron chi connectivity index (χ4n) is 5.38. The summed E-state index contributed by atoms with van der Waals surface area (Å²) in [5, 5.41) is 41.3. The summed E-state index contributed by atoms with van der Waals surface area (Å²) < 4.78 is 14.5. The van der Waals surface area contributed by atoms with Gasteiger partial charge in [-0.3, -0.25) is 0 Å². The Bertz CT molecular complexity index is 2100. The Morgan fingerprint density at radius 2 is 1.17 bits per heavy atom. The predicted molar refractivity (Wildman–Crippen MR) is 201 cm³/mol. The lowest BCUT2D eigenvalue weighted by molar-refractivity contribution is -0.113. The zero-order valence-corrected chi connectivity index (χ0v) is 31.2. The number of carbonyl (C=O) groups excluding carboxylic acids is 1. The van der Waals surface area contributed by atoms with E-state index < -0.39 is 11.2 Å². The van der Waals surface area contributed by atoms with Crippen LogP contribution in [0.15, 0.2) is 104 Å². The van der Waals surface area contributed by atoms with Crippen LogP contribution in [0.2, 0.25) is 20.1 Å². The number of rotatable bonds is 14. The molecule has 0 spiro atoms. The van der Waals surface area contributed by atoms with Crippen LogP contribution >= 0.6 is 46.4 Å². The predicted octanol–water partition coefficient (Wildman–Crippen LogP) is 7.81. The van der Waals surface area contributed by atoms with Crippen molar-refractivity contribution in [2.45, 2.75) is 44.1 Å². The molecule has 0 aliphatic rings. The number of aliphatic hydroxyl groups excluding tert-OH is 1.